The molecule has 1 aliphatic rings. The quantitative estimate of drug-likeness (QED) is 0.672. The number of hydrogen-bond acceptors (Lipinski definition) is 6. The minimum Gasteiger partial charge on any atom is -0.481 e. The second-order valence-electron chi connectivity index (χ2n) is 4.76. The molecule has 0 atom stereocenters. The average molecular weight is 345 g/mol. The summed E-state index contributed by atoms with van der Waals surface area (Å²) in [7, 11) is 0. The molecule has 8 heteroatoms. The molecule has 3 rings (SSSR count). The second-order valence-corrected chi connectivity index (χ2v) is 6.44. The largest absolute Gasteiger partial charge is 0.481 e. The van der Waals surface area contributed by atoms with Gasteiger partial charge >= 0.3 is 5.97 Å². The number of thiocarbonyl (C=S) groups is 1. The van der Waals surface area contributed by atoms with E-state index in [0.29, 0.717) is 14.9 Å². The molecule has 2 aromatic rings. The van der Waals surface area contributed by atoms with Crippen LogP contribution >= 0.6 is 24.0 Å². The molecular formula is C15H11N3O3S2. The zero-order chi connectivity index (χ0) is 16.4. The van der Waals surface area contributed by atoms with Gasteiger partial charge in [-0.1, -0.05) is 36.1 Å². The number of para-hydroxylation sites is 2. The highest BCUT2D eigenvalue weighted by molar-refractivity contribution is 8.26. The zero-order valence-electron chi connectivity index (χ0n) is 11.8. The lowest BCUT2D eigenvalue weighted by Gasteiger charge is -2.12. The van der Waals surface area contributed by atoms with E-state index in [4.69, 9.17) is 17.3 Å². The molecule has 1 aromatic heterocycles. The van der Waals surface area contributed by atoms with Crippen molar-refractivity contribution in [2.45, 2.75) is 6.42 Å². The molecule has 116 valence electrons. The fourth-order valence-corrected chi connectivity index (χ4v) is 3.37. The van der Waals surface area contributed by atoms with Crippen LogP contribution in [0.15, 0.2) is 35.4 Å². The van der Waals surface area contributed by atoms with Crippen LogP contribution in [0, 0.1) is 0 Å². The Hall–Kier alpha value is -2.32. The van der Waals surface area contributed by atoms with E-state index < -0.39 is 5.97 Å². The molecule has 1 saturated heterocycles. The molecule has 1 aliphatic heterocycles. The van der Waals surface area contributed by atoms with E-state index in [1.165, 1.54) is 4.90 Å². The van der Waals surface area contributed by atoms with Crippen molar-refractivity contribution < 1.29 is 14.7 Å². The highest BCUT2D eigenvalue weighted by atomic mass is 32.2. The van der Waals surface area contributed by atoms with E-state index in [1.54, 1.807) is 12.3 Å². The lowest BCUT2D eigenvalue weighted by molar-refractivity contribution is -0.137. The van der Waals surface area contributed by atoms with Crippen LogP contribution in [0.4, 0.5) is 0 Å². The van der Waals surface area contributed by atoms with Crippen LogP contribution in [-0.2, 0) is 9.59 Å². The first-order chi connectivity index (χ1) is 11.0. The van der Waals surface area contributed by atoms with Gasteiger partial charge in [0.05, 0.1) is 34.3 Å². The molecule has 0 unspecified atom stereocenters. The Bertz CT molecular complexity index is 851. The predicted molar refractivity (Wildman–Crippen MR) is 91.7 cm³/mol. The number of benzene rings is 1. The number of aliphatic carboxylic acids is 1. The van der Waals surface area contributed by atoms with Gasteiger partial charge in [-0.05, 0) is 18.2 Å². The van der Waals surface area contributed by atoms with Crippen LogP contribution in [0.1, 0.15) is 12.1 Å². The minimum atomic E-state index is -0.969. The maximum absolute atomic E-state index is 12.3. The fraction of sp³-hybridized carbons (Fsp3) is 0.133. The molecule has 2 heterocycles. The monoisotopic (exact) mass is 345 g/mol. The van der Waals surface area contributed by atoms with E-state index in [1.807, 2.05) is 24.3 Å². The average Bonchev–Trinajstić information content (AvgIpc) is 2.79. The van der Waals surface area contributed by atoms with Crippen molar-refractivity contribution in [1.82, 2.24) is 14.9 Å². The highest BCUT2D eigenvalue weighted by Gasteiger charge is 2.32. The molecule has 1 fully saturated rings. The van der Waals surface area contributed by atoms with Gasteiger partial charge in [-0.15, -0.1) is 0 Å². The Morgan fingerprint density at radius 1 is 1.35 bits per heavy atom. The van der Waals surface area contributed by atoms with Crippen molar-refractivity contribution in [3.05, 3.63) is 41.1 Å². The summed E-state index contributed by atoms with van der Waals surface area (Å²) in [5, 5.41) is 8.73. The number of carbonyl (C=O) groups excluding carboxylic acids is 1. The van der Waals surface area contributed by atoms with Gasteiger partial charge in [-0.25, -0.2) is 4.98 Å². The third kappa shape index (κ3) is 3.38. The summed E-state index contributed by atoms with van der Waals surface area (Å²) in [5.41, 5.74) is 2.07. The maximum atomic E-state index is 12.3. The number of fused-ring (bicyclic) bond motifs is 1. The van der Waals surface area contributed by atoms with Crippen LogP contribution in [0.25, 0.3) is 17.1 Å². The SMILES string of the molecule is O=C(O)CCN1C(=O)/C(=C/c2cnc3ccccc3n2)SC1=S. The molecule has 0 radical (unpaired) electrons. The van der Waals surface area contributed by atoms with E-state index in [2.05, 4.69) is 9.97 Å². The number of hydrogen-bond donors (Lipinski definition) is 1. The smallest absolute Gasteiger partial charge is 0.305 e. The summed E-state index contributed by atoms with van der Waals surface area (Å²) in [4.78, 5) is 33.4. The third-order valence-corrected chi connectivity index (χ3v) is 4.55. The van der Waals surface area contributed by atoms with Crippen LogP contribution in [0.5, 0.6) is 0 Å². The van der Waals surface area contributed by atoms with Crippen molar-refractivity contribution in [3.8, 4) is 0 Å². The molecule has 23 heavy (non-hydrogen) atoms. The van der Waals surface area contributed by atoms with Gasteiger partial charge in [-0.3, -0.25) is 19.5 Å². The van der Waals surface area contributed by atoms with Crippen LogP contribution < -0.4 is 0 Å². The minimum absolute atomic E-state index is 0.0702. The molecule has 0 saturated carbocycles. The maximum Gasteiger partial charge on any atom is 0.305 e. The summed E-state index contributed by atoms with van der Waals surface area (Å²) in [5.74, 6) is -1.26. The van der Waals surface area contributed by atoms with Gasteiger partial charge in [0.15, 0.2) is 0 Å². The molecule has 1 N–H and O–H groups in total. The lowest BCUT2D eigenvalue weighted by atomic mass is 10.3. The predicted octanol–water partition coefficient (Wildman–Crippen LogP) is 2.31. The molecule has 0 aliphatic carbocycles. The number of carbonyl (C=O) groups is 2. The number of carboxylic acids is 1. The summed E-state index contributed by atoms with van der Waals surface area (Å²) in [6, 6.07) is 7.45. The van der Waals surface area contributed by atoms with Crippen molar-refractivity contribution in [3.63, 3.8) is 0 Å². The zero-order valence-corrected chi connectivity index (χ0v) is 13.4. The van der Waals surface area contributed by atoms with Crippen molar-refractivity contribution in [1.29, 1.82) is 0 Å². The standard InChI is InChI=1S/C15H11N3O3S2/c19-13(20)5-6-18-14(21)12(23-15(18)22)7-9-8-16-10-3-1-2-4-11(10)17-9/h1-4,7-8H,5-6H2,(H,19,20)/b12-7-. The van der Waals surface area contributed by atoms with Gasteiger partial charge in [0.1, 0.15) is 4.32 Å². The Kier molecular flexibility index (Phi) is 4.35. The molecule has 0 spiro atoms. The van der Waals surface area contributed by atoms with Crippen LogP contribution in [0.2, 0.25) is 0 Å². The molecule has 1 aromatic carbocycles. The third-order valence-electron chi connectivity index (χ3n) is 3.17. The molecule has 1 amide bonds. The highest BCUT2D eigenvalue weighted by Crippen LogP contribution is 2.32. The Balaban J connectivity index is 1.85. The molecule has 6 nitrogen and oxygen atoms in total. The summed E-state index contributed by atoms with van der Waals surface area (Å²) in [6.45, 7) is 0.0702. The van der Waals surface area contributed by atoms with Gasteiger partial charge < -0.3 is 5.11 Å². The van der Waals surface area contributed by atoms with E-state index in [9.17, 15) is 9.59 Å². The summed E-state index contributed by atoms with van der Waals surface area (Å²) in [6.07, 6.45) is 3.07. The number of rotatable bonds is 4. The first kappa shape index (κ1) is 15.6. The van der Waals surface area contributed by atoms with Gasteiger partial charge in [-0.2, -0.15) is 0 Å². The van der Waals surface area contributed by atoms with Crippen molar-refractivity contribution in [2.75, 3.05) is 6.54 Å². The second kappa shape index (κ2) is 6.43. The summed E-state index contributed by atoms with van der Waals surface area (Å²) >= 11 is 6.28. The fourth-order valence-electron chi connectivity index (χ4n) is 2.08. The number of carboxylic acid groups (broad SMARTS) is 1. The molecular weight excluding hydrogens is 334 g/mol. The Labute approximate surface area is 141 Å². The molecule has 0 bridgehead atoms. The van der Waals surface area contributed by atoms with E-state index in [-0.39, 0.29) is 18.9 Å². The lowest BCUT2D eigenvalue weighted by Crippen LogP contribution is -2.30. The first-order valence-electron chi connectivity index (χ1n) is 6.73. The number of thioether (sulfide) groups is 1. The summed E-state index contributed by atoms with van der Waals surface area (Å²) < 4.78 is 0.358. The first-order valence-corrected chi connectivity index (χ1v) is 7.96. The van der Waals surface area contributed by atoms with Crippen molar-refractivity contribution in [2.24, 2.45) is 0 Å². The van der Waals surface area contributed by atoms with Crippen LogP contribution in [0.3, 0.4) is 0 Å². The number of aromatic nitrogens is 2. The Morgan fingerprint density at radius 3 is 2.83 bits per heavy atom. The Morgan fingerprint density at radius 2 is 2.09 bits per heavy atom. The van der Waals surface area contributed by atoms with Crippen LogP contribution in [-0.4, -0.2) is 42.7 Å². The van der Waals surface area contributed by atoms with Crippen molar-refractivity contribution >= 4 is 57.3 Å². The number of nitrogens with zero attached hydrogens (tertiary/aromatic N) is 3. The van der Waals surface area contributed by atoms with Gasteiger partial charge in [0, 0.05) is 6.54 Å². The van der Waals surface area contributed by atoms with E-state index in [0.717, 1.165) is 22.8 Å². The van der Waals surface area contributed by atoms with E-state index >= 15 is 0 Å². The van der Waals surface area contributed by atoms with Gasteiger partial charge in [0.25, 0.3) is 5.91 Å². The normalized spacial score (nSPS) is 16.5. The van der Waals surface area contributed by atoms with Gasteiger partial charge in [0.2, 0.25) is 0 Å². The number of amides is 1. The topological polar surface area (TPSA) is 83.4 Å².